The van der Waals surface area contributed by atoms with Crippen LogP contribution in [0, 0.1) is 6.92 Å². The Kier molecular flexibility index (Phi) is 7.97. The number of nitrogens with zero attached hydrogens (tertiary/aromatic N) is 2. The molecule has 36 heavy (non-hydrogen) atoms. The number of halogens is 3. The average Bonchev–Trinajstić information content (AvgIpc) is 3.45. The lowest BCUT2D eigenvalue weighted by Crippen LogP contribution is -2.24. The molecule has 1 aliphatic rings. The number of carbonyl (C=O) groups excluding carboxylic acids is 1. The highest BCUT2D eigenvalue weighted by molar-refractivity contribution is 7.78. The fourth-order valence-electron chi connectivity index (χ4n) is 4.64. The molecule has 1 aromatic heterocycles. The molecule has 0 bridgehead atoms. The van der Waals surface area contributed by atoms with Gasteiger partial charge in [-0.25, -0.2) is 4.21 Å². The largest absolute Gasteiger partial charge is 0.417 e. The van der Waals surface area contributed by atoms with Crippen LogP contribution in [-0.4, -0.2) is 43.8 Å². The van der Waals surface area contributed by atoms with Crippen molar-refractivity contribution in [2.75, 3.05) is 25.0 Å². The molecule has 10 heteroatoms. The number of aromatic nitrogens is 1. The Hall–Kier alpha value is -2.95. The van der Waals surface area contributed by atoms with E-state index in [1.165, 1.54) is 12.1 Å². The van der Waals surface area contributed by atoms with Crippen LogP contribution in [0.15, 0.2) is 54.7 Å². The Morgan fingerprint density at radius 1 is 1.06 bits per heavy atom. The summed E-state index contributed by atoms with van der Waals surface area (Å²) in [7, 11) is 0. The number of rotatable bonds is 8. The first-order chi connectivity index (χ1) is 17.1. The predicted octanol–water partition coefficient (Wildman–Crippen LogP) is 5.55. The Labute approximate surface area is 210 Å². The highest BCUT2D eigenvalue weighted by Gasteiger charge is 2.35. The van der Waals surface area contributed by atoms with E-state index in [2.05, 4.69) is 10.2 Å². The molecule has 1 unspecified atom stereocenters. The van der Waals surface area contributed by atoms with Crippen molar-refractivity contribution in [2.45, 2.75) is 38.2 Å². The molecule has 4 rings (SSSR count). The van der Waals surface area contributed by atoms with Crippen LogP contribution in [0.3, 0.4) is 0 Å². The van der Waals surface area contributed by atoms with Crippen LogP contribution >= 0.6 is 0 Å². The number of likely N-dealkylation sites (tertiary alicyclic amines) is 1. The molecule has 0 saturated carbocycles. The summed E-state index contributed by atoms with van der Waals surface area (Å²) in [5, 5.41) is 2.79. The van der Waals surface area contributed by atoms with Crippen molar-refractivity contribution < 1.29 is 26.7 Å². The molecule has 2 aromatic carbocycles. The Bertz CT molecular complexity index is 1250. The Morgan fingerprint density at radius 3 is 2.36 bits per heavy atom. The summed E-state index contributed by atoms with van der Waals surface area (Å²) in [4.78, 5) is 15.5. The molecule has 1 aliphatic heterocycles. The van der Waals surface area contributed by atoms with Crippen LogP contribution in [-0.2, 0) is 29.6 Å². The van der Waals surface area contributed by atoms with Crippen molar-refractivity contribution in [2.24, 2.45) is 0 Å². The normalized spacial score (nSPS) is 15.2. The van der Waals surface area contributed by atoms with Gasteiger partial charge in [-0.3, -0.25) is 4.79 Å². The van der Waals surface area contributed by atoms with E-state index in [1.54, 1.807) is 48.0 Å². The minimum atomic E-state index is -4.53. The second-order valence-electron chi connectivity index (χ2n) is 8.92. The zero-order valence-corrected chi connectivity index (χ0v) is 20.7. The number of carbonyl (C=O) groups is 1. The van der Waals surface area contributed by atoms with Gasteiger partial charge in [-0.2, -0.15) is 13.2 Å². The molecule has 1 saturated heterocycles. The topological polar surface area (TPSA) is 74.6 Å². The maximum absolute atomic E-state index is 13.9. The molecule has 192 valence electrons. The van der Waals surface area contributed by atoms with E-state index in [4.69, 9.17) is 4.55 Å². The van der Waals surface area contributed by atoms with Crippen molar-refractivity contribution in [3.63, 3.8) is 0 Å². The number of hydrogen-bond donors (Lipinski definition) is 2. The lowest BCUT2D eigenvalue weighted by Gasteiger charge is -2.19. The molecule has 1 fully saturated rings. The van der Waals surface area contributed by atoms with Crippen LogP contribution in [0.1, 0.15) is 39.9 Å². The molecule has 0 aliphatic carbocycles. The fraction of sp³-hybridized carbons (Fsp3) is 0.346. The SMILES string of the molecule is Cc1c(C(=O)Nc2ccc(CS(=O)O)cc2)cn(CCN2CCCC2)c1-c1ccccc1C(F)(F)F. The van der Waals surface area contributed by atoms with Gasteiger partial charge in [0.15, 0.2) is 11.1 Å². The van der Waals surface area contributed by atoms with Crippen LogP contribution < -0.4 is 5.32 Å². The molecule has 6 nitrogen and oxygen atoms in total. The molecule has 1 atom stereocenters. The Balaban J connectivity index is 1.67. The first-order valence-corrected chi connectivity index (χ1v) is 13.0. The molecule has 3 aromatic rings. The summed E-state index contributed by atoms with van der Waals surface area (Å²) in [6.07, 6.45) is -0.688. The summed E-state index contributed by atoms with van der Waals surface area (Å²) < 4.78 is 63.4. The van der Waals surface area contributed by atoms with Gasteiger partial charge in [-0.15, -0.1) is 0 Å². The summed E-state index contributed by atoms with van der Waals surface area (Å²) in [5.41, 5.74) is 1.58. The lowest BCUT2D eigenvalue weighted by atomic mass is 10.00. The van der Waals surface area contributed by atoms with E-state index in [9.17, 15) is 22.2 Å². The second kappa shape index (κ2) is 11.0. The van der Waals surface area contributed by atoms with E-state index in [-0.39, 0.29) is 11.3 Å². The van der Waals surface area contributed by atoms with Crippen molar-refractivity contribution >= 4 is 22.7 Å². The molecular weight excluding hydrogens is 491 g/mol. The maximum Gasteiger partial charge on any atom is 0.417 e. The monoisotopic (exact) mass is 519 g/mol. The molecule has 2 N–H and O–H groups in total. The van der Waals surface area contributed by atoms with Gasteiger partial charge < -0.3 is 19.3 Å². The van der Waals surface area contributed by atoms with Gasteiger partial charge in [-0.1, -0.05) is 30.3 Å². The second-order valence-corrected chi connectivity index (χ2v) is 9.85. The van der Waals surface area contributed by atoms with Crippen molar-refractivity contribution in [3.05, 3.63) is 77.0 Å². The number of nitrogens with one attached hydrogen (secondary N) is 1. The van der Waals surface area contributed by atoms with Crippen LogP contribution in [0.2, 0.25) is 0 Å². The summed E-state index contributed by atoms with van der Waals surface area (Å²) in [5.74, 6) is -0.452. The third kappa shape index (κ3) is 6.05. The predicted molar refractivity (Wildman–Crippen MR) is 134 cm³/mol. The van der Waals surface area contributed by atoms with Crippen molar-refractivity contribution in [1.82, 2.24) is 9.47 Å². The van der Waals surface area contributed by atoms with E-state index in [0.717, 1.165) is 32.0 Å². The first-order valence-electron chi connectivity index (χ1n) is 11.7. The zero-order chi connectivity index (χ0) is 25.9. The third-order valence-electron chi connectivity index (χ3n) is 6.42. The van der Waals surface area contributed by atoms with Gasteiger partial charge in [-0.05, 0) is 62.2 Å². The quantitative estimate of drug-likeness (QED) is 0.383. The number of amides is 1. The van der Waals surface area contributed by atoms with Gasteiger partial charge in [0, 0.05) is 30.5 Å². The number of hydrogen-bond acceptors (Lipinski definition) is 3. The highest BCUT2D eigenvalue weighted by atomic mass is 32.2. The van der Waals surface area contributed by atoms with Crippen molar-refractivity contribution in [3.8, 4) is 11.3 Å². The van der Waals surface area contributed by atoms with E-state index < -0.39 is 28.7 Å². The van der Waals surface area contributed by atoms with Crippen LogP contribution in [0.25, 0.3) is 11.3 Å². The Morgan fingerprint density at radius 2 is 1.72 bits per heavy atom. The number of anilines is 1. The van der Waals surface area contributed by atoms with Gasteiger partial charge >= 0.3 is 6.18 Å². The molecular formula is C26H28F3N3O3S. The summed E-state index contributed by atoms with van der Waals surface area (Å²) in [6.45, 7) is 4.74. The summed E-state index contributed by atoms with van der Waals surface area (Å²) in [6, 6.07) is 12.0. The summed E-state index contributed by atoms with van der Waals surface area (Å²) >= 11 is -1.97. The number of alkyl halides is 3. The van der Waals surface area contributed by atoms with Crippen LogP contribution in [0.5, 0.6) is 0 Å². The minimum Gasteiger partial charge on any atom is -0.345 e. The number of benzene rings is 2. The van der Waals surface area contributed by atoms with Gasteiger partial charge in [0.1, 0.15) is 0 Å². The van der Waals surface area contributed by atoms with Crippen LogP contribution in [0.4, 0.5) is 18.9 Å². The molecule has 0 spiro atoms. The van der Waals surface area contributed by atoms with E-state index >= 15 is 0 Å². The zero-order valence-electron chi connectivity index (χ0n) is 19.8. The van der Waals surface area contributed by atoms with E-state index in [0.29, 0.717) is 41.2 Å². The fourth-order valence-corrected chi connectivity index (χ4v) is 5.12. The van der Waals surface area contributed by atoms with Gasteiger partial charge in [0.05, 0.1) is 22.6 Å². The standard InChI is InChI=1S/C26H28F3N3O3S/c1-18-22(25(33)30-20-10-8-19(9-11-20)17-36(34)35)16-32(15-14-31-12-4-5-13-31)24(18)21-6-2-3-7-23(21)26(27,28)29/h2-3,6-11,16H,4-5,12-15,17H2,1H3,(H,30,33)(H,34,35). The molecule has 2 heterocycles. The smallest absolute Gasteiger partial charge is 0.345 e. The highest BCUT2D eigenvalue weighted by Crippen LogP contribution is 2.39. The van der Waals surface area contributed by atoms with Gasteiger partial charge in [0.25, 0.3) is 5.91 Å². The first kappa shape index (κ1) is 26.1. The maximum atomic E-state index is 13.9. The van der Waals surface area contributed by atoms with Crippen molar-refractivity contribution in [1.29, 1.82) is 0 Å². The van der Waals surface area contributed by atoms with E-state index in [1.807, 2.05) is 0 Å². The minimum absolute atomic E-state index is 0.0187. The van der Waals surface area contributed by atoms with Gasteiger partial charge in [0.2, 0.25) is 0 Å². The molecule has 1 amide bonds. The third-order valence-corrected chi connectivity index (χ3v) is 7.00. The average molecular weight is 520 g/mol. The lowest BCUT2D eigenvalue weighted by molar-refractivity contribution is -0.137. The molecule has 0 radical (unpaired) electrons.